The van der Waals surface area contributed by atoms with Gasteiger partial charge in [-0.05, 0) is 43.6 Å². The van der Waals surface area contributed by atoms with Gasteiger partial charge in [0.2, 0.25) is 0 Å². The number of thioether (sulfide) groups is 1. The summed E-state index contributed by atoms with van der Waals surface area (Å²) in [4.78, 5) is 2.19. The number of hydrogen-bond donors (Lipinski definition) is 1. The van der Waals surface area contributed by atoms with Crippen molar-refractivity contribution in [2.24, 2.45) is 0 Å². The number of furan rings is 1. The normalized spacial score (nSPS) is 11.2. The zero-order valence-corrected chi connectivity index (χ0v) is 13.9. The SMILES string of the molecule is CSCc1ccc(CNCc2ccccc2CN(C)C)o1. The molecule has 0 spiro atoms. The Bertz CT molecular complexity index is 551. The van der Waals surface area contributed by atoms with Crippen LogP contribution in [0.4, 0.5) is 0 Å². The summed E-state index contributed by atoms with van der Waals surface area (Å²) in [5.74, 6) is 2.99. The fraction of sp³-hybridized carbons (Fsp3) is 0.412. The number of rotatable bonds is 8. The molecule has 2 rings (SSSR count). The summed E-state index contributed by atoms with van der Waals surface area (Å²) in [6, 6.07) is 12.7. The van der Waals surface area contributed by atoms with Gasteiger partial charge in [0, 0.05) is 13.1 Å². The van der Waals surface area contributed by atoms with Crippen LogP contribution in [-0.4, -0.2) is 25.3 Å². The van der Waals surface area contributed by atoms with Gasteiger partial charge in [-0.25, -0.2) is 0 Å². The highest BCUT2D eigenvalue weighted by molar-refractivity contribution is 7.97. The second kappa shape index (κ2) is 8.27. The Labute approximate surface area is 131 Å². The number of nitrogens with one attached hydrogen (secondary N) is 1. The fourth-order valence-corrected chi connectivity index (χ4v) is 2.72. The summed E-state index contributed by atoms with van der Waals surface area (Å²) in [5.41, 5.74) is 2.72. The highest BCUT2D eigenvalue weighted by Crippen LogP contribution is 2.14. The van der Waals surface area contributed by atoms with E-state index in [1.54, 1.807) is 11.8 Å². The molecule has 1 N–H and O–H groups in total. The van der Waals surface area contributed by atoms with Gasteiger partial charge in [-0.2, -0.15) is 11.8 Å². The molecule has 3 nitrogen and oxygen atoms in total. The Morgan fingerprint density at radius 2 is 1.71 bits per heavy atom. The number of nitrogens with zero attached hydrogens (tertiary/aromatic N) is 1. The molecule has 0 saturated heterocycles. The van der Waals surface area contributed by atoms with Gasteiger partial charge in [0.25, 0.3) is 0 Å². The minimum Gasteiger partial charge on any atom is -0.464 e. The summed E-state index contributed by atoms with van der Waals surface area (Å²) in [6.45, 7) is 2.60. The van der Waals surface area contributed by atoms with Crippen molar-refractivity contribution in [1.29, 1.82) is 0 Å². The molecular weight excluding hydrogens is 280 g/mol. The molecule has 0 aliphatic heterocycles. The van der Waals surface area contributed by atoms with E-state index in [0.717, 1.165) is 36.9 Å². The van der Waals surface area contributed by atoms with E-state index in [0.29, 0.717) is 0 Å². The topological polar surface area (TPSA) is 28.4 Å². The van der Waals surface area contributed by atoms with Crippen LogP contribution in [0.15, 0.2) is 40.8 Å². The monoisotopic (exact) mass is 304 g/mol. The molecule has 1 heterocycles. The number of benzene rings is 1. The maximum Gasteiger partial charge on any atom is 0.118 e. The molecule has 0 saturated carbocycles. The predicted molar refractivity (Wildman–Crippen MR) is 90.3 cm³/mol. The Balaban J connectivity index is 1.87. The first-order valence-electron chi connectivity index (χ1n) is 7.18. The van der Waals surface area contributed by atoms with Crippen LogP contribution in [0.3, 0.4) is 0 Å². The van der Waals surface area contributed by atoms with E-state index >= 15 is 0 Å². The van der Waals surface area contributed by atoms with Gasteiger partial charge in [-0.1, -0.05) is 24.3 Å². The van der Waals surface area contributed by atoms with Gasteiger partial charge in [-0.3, -0.25) is 0 Å². The molecule has 0 aliphatic carbocycles. The van der Waals surface area contributed by atoms with Crippen LogP contribution in [0, 0.1) is 0 Å². The molecule has 2 aromatic rings. The third kappa shape index (κ3) is 5.23. The van der Waals surface area contributed by atoms with Crippen molar-refractivity contribution >= 4 is 11.8 Å². The van der Waals surface area contributed by atoms with Crippen molar-refractivity contribution in [1.82, 2.24) is 10.2 Å². The van der Waals surface area contributed by atoms with Crippen LogP contribution in [0.1, 0.15) is 22.6 Å². The molecule has 1 aromatic carbocycles. The summed E-state index contributed by atoms with van der Waals surface area (Å²) in [6.07, 6.45) is 2.09. The van der Waals surface area contributed by atoms with Crippen molar-refractivity contribution in [3.05, 3.63) is 59.0 Å². The zero-order chi connectivity index (χ0) is 15.1. The lowest BCUT2D eigenvalue weighted by Gasteiger charge is -2.14. The lowest BCUT2D eigenvalue weighted by molar-refractivity contribution is 0.399. The molecule has 0 radical (unpaired) electrons. The molecule has 0 unspecified atom stereocenters. The number of hydrogen-bond acceptors (Lipinski definition) is 4. The van der Waals surface area contributed by atoms with Gasteiger partial charge in [0.15, 0.2) is 0 Å². The van der Waals surface area contributed by atoms with Gasteiger partial charge in [0.05, 0.1) is 12.3 Å². The summed E-state index contributed by atoms with van der Waals surface area (Å²) < 4.78 is 5.77. The fourth-order valence-electron chi connectivity index (χ4n) is 2.28. The first kappa shape index (κ1) is 16.1. The quantitative estimate of drug-likeness (QED) is 0.808. The van der Waals surface area contributed by atoms with Gasteiger partial charge in [0.1, 0.15) is 11.5 Å². The predicted octanol–water partition coefficient (Wildman–Crippen LogP) is 3.49. The molecule has 0 aliphatic rings. The van der Waals surface area contributed by atoms with Gasteiger partial charge < -0.3 is 14.6 Å². The van der Waals surface area contributed by atoms with Crippen LogP contribution in [-0.2, 0) is 25.4 Å². The molecule has 1 aromatic heterocycles. The minimum absolute atomic E-state index is 0.769. The van der Waals surface area contributed by atoms with Gasteiger partial charge >= 0.3 is 0 Å². The Morgan fingerprint density at radius 1 is 1.00 bits per heavy atom. The lowest BCUT2D eigenvalue weighted by atomic mass is 10.1. The molecule has 0 amide bonds. The summed E-state index contributed by atoms with van der Waals surface area (Å²) >= 11 is 1.78. The van der Waals surface area contributed by atoms with E-state index in [1.807, 2.05) is 0 Å². The third-order valence-electron chi connectivity index (χ3n) is 3.22. The Morgan fingerprint density at radius 3 is 2.43 bits per heavy atom. The molecular formula is C17H24N2OS. The maximum absolute atomic E-state index is 5.77. The first-order valence-corrected chi connectivity index (χ1v) is 8.57. The van der Waals surface area contributed by atoms with Crippen molar-refractivity contribution in [3.8, 4) is 0 Å². The van der Waals surface area contributed by atoms with E-state index in [-0.39, 0.29) is 0 Å². The first-order chi connectivity index (χ1) is 10.2. The highest BCUT2D eigenvalue weighted by atomic mass is 32.2. The average Bonchev–Trinajstić information content (AvgIpc) is 2.88. The van der Waals surface area contributed by atoms with E-state index in [2.05, 4.69) is 67.0 Å². The Kier molecular flexibility index (Phi) is 6.36. The second-order valence-corrected chi connectivity index (χ2v) is 6.28. The molecule has 21 heavy (non-hydrogen) atoms. The standard InChI is InChI=1S/C17H24N2OS/c1-19(2)12-15-7-5-4-6-14(15)10-18-11-16-8-9-17(20-16)13-21-3/h4-9,18H,10-13H2,1-3H3. The molecule has 114 valence electrons. The van der Waals surface area contributed by atoms with Crippen LogP contribution < -0.4 is 5.32 Å². The van der Waals surface area contributed by atoms with E-state index in [1.165, 1.54) is 11.1 Å². The summed E-state index contributed by atoms with van der Waals surface area (Å²) in [5, 5.41) is 3.47. The molecule has 0 fully saturated rings. The van der Waals surface area contributed by atoms with E-state index in [9.17, 15) is 0 Å². The Hall–Kier alpha value is -1.23. The zero-order valence-electron chi connectivity index (χ0n) is 13.1. The highest BCUT2D eigenvalue weighted by Gasteiger charge is 2.04. The minimum atomic E-state index is 0.769. The molecule has 4 heteroatoms. The largest absolute Gasteiger partial charge is 0.464 e. The molecule has 0 bridgehead atoms. The summed E-state index contributed by atoms with van der Waals surface area (Å²) in [7, 11) is 4.20. The van der Waals surface area contributed by atoms with Crippen molar-refractivity contribution in [3.63, 3.8) is 0 Å². The second-order valence-electron chi connectivity index (χ2n) is 5.41. The van der Waals surface area contributed by atoms with Crippen LogP contribution in [0.25, 0.3) is 0 Å². The third-order valence-corrected chi connectivity index (χ3v) is 3.80. The van der Waals surface area contributed by atoms with Crippen LogP contribution >= 0.6 is 11.8 Å². The van der Waals surface area contributed by atoms with Crippen molar-refractivity contribution in [2.45, 2.75) is 25.4 Å². The molecule has 0 atom stereocenters. The maximum atomic E-state index is 5.77. The lowest BCUT2D eigenvalue weighted by Crippen LogP contribution is -2.17. The smallest absolute Gasteiger partial charge is 0.118 e. The van der Waals surface area contributed by atoms with Gasteiger partial charge in [-0.15, -0.1) is 0 Å². The van der Waals surface area contributed by atoms with Crippen molar-refractivity contribution < 1.29 is 4.42 Å². The van der Waals surface area contributed by atoms with E-state index in [4.69, 9.17) is 4.42 Å². The average molecular weight is 304 g/mol. The van der Waals surface area contributed by atoms with Crippen molar-refractivity contribution in [2.75, 3.05) is 20.4 Å². The van der Waals surface area contributed by atoms with Crippen LogP contribution in [0.5, 0.6) is 0 Å². The van der Waals surface area contributed by atoms with E-state index < -0.39 is 0 Å². The van der Waals surface area contributed by atoms with Crippen LogP contribution in [0.2, 0.25) is 0 Å².